The summed E-state index contributed by atoms with van der Waals surface area (Å²) in [6, 6.07) is 0. The zero-order valence-corrected chi connectivity index (χ0v) is 9.88. The van der Waals surface area contributed by atoms with Gasteiger partial charge in [-0.2, -0.15) is 0 Å². The van der Waals surface area contributed by atoms with Gasteiger partial charge in [0.15, 0.2) is 0 Å². The maximum absolute atomic E-state index is 10.3. The maximum Gasteiger partial charge on any atom is 0.124 e. The molecule has 1 aliphatic carbocycles. The van der Waals surface area contributed by atoms with Gasteiger partial charge in [0.05, 0.1) is 0 Å². The van der Waals surface area contributed by atoms with Crippen molar-refractivity contribution in [3.63, 3.8) is 0 Å². The van der Waals surface area contributed by atoms with E-state index in [1.807, 2.05) is 0 Å². The predicted octanol–water partition coefficient (Wildman–Crippen LogP) is 3.15. The highest BCUT2D eigenvalue weighted by molar-refractivity contribution is 5.17. The van der Waals surface area contributed by atoms with Gasteiger partial charge < -0.3 is 9.84 Å². The van der Waals surface area contributed by atoms with E-state index in [1.54, 1.807) is 0 Å². The minimum absolute atomic E-state index is 0.00456. The van der Waals surface area contributed by atoms with Crippen molar-refractivity contribution >= 4 is 0 Å². The summed E-state index contributed by atoms with van der Waals surface area (Å²) in [5.41, 5.74) is -0.620. The predicted molar refractivity (Wildman–Crippen MR) is 60.5 cm³/mol. The molecule has 2 aliphatic rings. The molecule has 1 aliphatic heterocycles. The Hall–Kier alpha value is -0.500. The summed E-state index contributed by atoms with van der Waals surface area (Å²) < 4.78 is 6.09. The van der Waals surface area contributed by atoms with Crippen molar-refractivity contribution in [2.24, 2.45) is 0 Å². The van der Waals surface area contributed by atoms with Crippen molar-refractivity contribution in [2.75, 3.05) is 0 Å². The summed E-state index contributed by atoms with van der Waals surface area (Å²) in [7, 11) is 0. The summed E-state index contributed by atoms with van der Waals surface area (Å²) in [5, 5.41) is 10.3. The molecule has 1 fully saturated rings. The standard InChI is InChI=1S/C13H22O2/c1-3-12(4-2)8-5-7-11(15-12)13(14)9-6-10-13/h7,14H,3-6,8-10H2,1-2H3. The minimum Gasteiger partial charge on any atom is -0.489 e. The second kappa shape index (κ2) is 3.82. The molecule has 2 heteroatoms. The number of aliphatic hydroxyl groups is 1. The van der Waals surface area contributed by atoms with Crippen molar-refractivity contribution in [1.82, 2.24) is 0 Å². The Bertz CT molecular complexity index is 260. The average molecular weight is 210 g/mol. The van der Waals surface area contributed by atoms with Gasteiger partial charge in [0.2, 0.25) is 0 Å². The quantitative estimate of drug-likeness (QED) is 0.775. The molecule has 0 aromatic rings. The van der Waals surface area contributed by atoms with E-state index in [0.717, 1.165) is 50.7 Å². The molecule has 0 saturated heterocycles. The van der Waals surface area contributed by atoms with Crippen LogP contribution in [-0.4, -0.2) is 16.3 Å². The first-order valence-corrected chi connectivity index (χ1v) is 6.26. The zero-order valence-electron chi connectivity index (χ0n) is 9.88. The number of rotatable bonds is 3. The molecule has 0 amide bonds. The third kappa shape index (κ3) is 1.80. The highest BCUT2D eigenvalue weighted by atomic mass is 16.5. The molecule has 0 aromatic carbocycles. The Morgan fingerprint density at radius 2 is 1.93 bits per heavy atom. The molecular formula is C13H22O2. The maximum atomic E-state index is 10.3. The van der Waals surface area contributed by atoms with E-state index >= 15 is 0 Å². The van der Waals surface area contributed by atoms with Crippen LogP contribution >= 0.6 is 0 Å². The van der Waals surface area contributed by atoms with Crippen LogP contribution in [0.5, 0.6) is 0 Å². The monoisotopic (exact) mass is 210 g/mol. The van der Waals surface area contributed by atoms with E-state index in [-0.39, 0.29) is 5.60 Å². The Kier molecular flexibility index (Phi) is 2.80. The van der Waals surface area contributed by atoms with Gasteiger partial charge in [-0.15, -0.1) is 0 Å². The molecule has 86 valence electrons. The SMILES string of the molecule is CCC1(CC)CCC=C(C2(O)CCC2)O1. The van der Waals surface area contributed by atoms with Crippen LogP contribution in [0.15, 0.2) is 11.8 Å². The van der Waals surface area contributed by atoms with Gasteiger partial charge in [0.1, 0.15) is 17.0 Å². The van der Waals surface area contributed by atoms with Gasteiger partial charge in [0.25, 0.3) is 0 Å². The molecule has 0 spiro atoms. The third-order valence-corrected chi connectivity index (χ3v) is 4.18. The Morgan fingerprint density at radius 3 is 2.40 bits per heavy atom. The summed E-state index contributed by atoms with van der Waals surface area (Å²) >= 11 is 0. The van der Waals surface area contributed by atoms with Crippen molar-refractivity contribution in [3.05, 3.63) is 11.8 Å². The number of hydrogen-bond acceptors (Lipinski definition) is 2. The fourth-order valence-electron chi connectivity index (χ4n) is 2.58. The van der Waals surface area contributed by atoms with E-state index in [4.69, 9.17) is 4.74 Å². The van der Waals surface area contributed by atoms with Gasteiger partial charge in [-0.3, -0.25) is 0 Å². The topological polar surface area (TPSA) is 29.5 Å². The van der Waals surface area contributed by atoms with Crippen LogP contribution < -0.4 is 0 Å². The van der Waals surface area contributed by atoms with Gasteiger partial charge in [-0.1, -0.05) is 13.8 Å². The molecule has 0 bridgehead atoms. The Morgan fingerprint density at radius 1 is 1.27 bits per heavy atom. The average Bonchev–Trinajstić information content (AvgIpc) is 2.26. The summed E-state index contributed by atoms with van der Waals surface area (Å²) in [6.45, 7) is 4.36. The molecular weight excluding hydrogens is 188 g/mol. The lowest BCUT2D eigenvalue weighted by atomic mass is 9.76. The summed E-state index contributed by atoms with van der Waals surface area (Å²) in [4.78, 5) is 0. The lowest BCUT2D eigenvalue weighted by Gasteiger charge is -2.45. The van der Waals surface area contributed by atoms with E-state index in [2.05, 4.69) is 19.9 Å². The fourth-order valence-corrected chi connectivity index (χ4v) is 2.58. The Balaban J connectivity index is 2.11. The van der Waals surface area contributed by atoms with Crippen molar-refractivity contribution in [1.29, 1.82) is 0 Å². The zero-order chi connectivity index (χ0) is 10.9. The third-order valence-electron chi connectivity index (χ3n) is 4.18. The van der Waals surface area contributed by atoms with Crippen molar-refractivity contribution in [3.8, 4) is 0 Å². The van der Waals surface area contributed by atoms with Crippen molar-refractivity contribution < 1.29 is 9.84 Å². The first kappa shape index (κ1) is 11.0. The number of ether oxygens (including phenoxy) is 1. The lowest BCUT2D eigenvalue weighted by Crippen LogP contribution is -2.45. The van der Waals surface area contributed by atoms with Crippen LogP contribution in [0.4, 0.5) is 0 Å². The van der Waals surface area contributed by atoms with Gasteiger partial charge in [-0.25, -0.2) is 0 Å². The lowest BCUT2D eigenvalue weighted by molar-refractivity contribution is -0.109. The molecule has 0 aromatic heterocycles. The second-order valence-corrected chi connectivity index (χ2v) is 4.98. The minimum atomic E-state index is -0.615. The first-order valence-electron chi connectivity index (χ1n) is 6.26. The molecule has 1 N–H and O–H groups in total. The van der Waals surface area contributed by atoms with Crippen LogP contribution in [-0.2, 0) is 4.74 Å². The second-order valence-electron chi connectivity index (χ2n) is 4.98. The van der Waals surface area contributed by atoms with E-state index < -0.39 is 5.60 Å². The molecule has 0 atom stereocenters. The fraction of sp³-hybridized carbons (Fsp3) is 0.846. The van der Waals surface area contributed by atoms with Crippen LogP contribution in [0.1, 0.15) is 58.8 Å². The molecule has 0 radical (unpaired) electrons. The van der Waals surface area contributed by atoms with Crippen molar-refractivity contribution in [2.45, 2.75) is 70.0 Å². The highest BCUT2D eigenvalue weighted by Crippen LogP contribution is 2.44. The normalized spacial score (nSPS) is 27.5. The molecule has 2 nitrogen and oxygen atoms in total. The van der Waals surface area contributed by atoms with E-state index in [0.29, 0.717) is 0 Å². The molecule has 15 heavy (non-hydrogen) atoms. The highest BCUT2D eigenvalue weighted by Gasteiger charge is 2.44. The van der Waals surface area contributed by atoms with Crippen LogP contribution in [0.25, 0.3) is 0 Å². The molecule has 2 rings (SSSR count). The summed E-state index contributed by atoms with van der Waals surface area (Å²) in [5.74, 6) is 0.865. The van der Waals surface area contributed by atoms with Crippen LogP contribution in [0.2, 0.25) is 0 Å². The number of hydrogen-bond donors (Lipinski definition) is 1. The molecule has 1 saturated carbocycles. The largest absolute Gasteiger partial charge is 0.489 e. The van der Waals surface area contributed by atoms with Crippen LogP contribution in [0, 0.1) is 0 Å². The van der Waals surface area contributed by atoms with E-state index in [1.165, 1.54) is 0 Å². The van der Waals surface area contributed by atoms with Crippen LogP contribution in [0.3, 0.4) is 0 Å². The van der Waals surface area contributed by atoms with Gasteiger partial charge in [-0.05, 0) is 51.0 Å². The number of allylic oxidation sites excluding steroid dienone is 1. The Labute approximate surface area is 92.3 Å². The first-order chi connectivity index (χ1) is 7.14. The smallest absolute Gasteiger partial charge is 0.124 e. The van der Waals surface area contributed by atoms with E-state index in [9.17, 15) is 5.11 Å². The van der Waals surface area contributed by atoms with Gasteiger partial charge >= 0.3 is 0 Å². The van der Waals surface area contributed by atoms with Gasteiger partial charge in [0, 0.05) is 0 Å². The molecule has 1 heterocycles. The molecule has 0 unspecified atom stereocenters. The summed E-state index contributed by atoms with van der Waals surface area (Å²) in [6.07, 6.45) is 9.21.